The van der Waals surface area contributed by atoms with E-state index >= 15 is 0 Å². The van der Waals surface area contributed by atoms with Gasteiger partial charge in [-0.3, -0.25) is 9.69 Å². The molecule has 1 heterocycles. The van der Waals surface area contributed by atoms with E-state index in [2.05, 4.69) is 0 Å². The smallest absolute Gasteiger partial charge is 0.399 e. The van der Waals surface area contributed by atoms with Crippen LogP contribution < -0.4 is 5.73 Å². The van der Waals surface area contributed by atoms with E-state index in [-0.39, 0.29) is 31.9 Å². The van der Waals surface area contributed by atoms with Gasteiger partial charge in [0.25, 0.3) is 12.3 Å². The molecule has 2 rings (SSSR count). The summed E-state index contributed by atoms with van der Waals surface area (Å²) in [5.41, 5.74) is 3.71. The third-order valence-electron chi connectivity index (χ3n) is 3.64. The van der Waals surface area contributed by atoms with Gasteiger partial charge < -0.3 is 10.6 Å². The van der Waals surface area contributed by atoms with Crippen molar-refractivity contribution in [2.45, 2.75) is 12.6 Å². The Morgan fingerprint density at radius 2 is 1.78 bits per heavy atom. The fourth-order valence-corrected chi connectivity index (χ4v) is 2.48. The first kappa shape index (κ1) is 17.5. The van der Waals surface area contributed by atoms with Crippen LogP contribution in [0.15, 0.2) is 18.2 Å². The van der Waals surface area contributed by atoms with Gasteiger partial charge in [0.15, 0.2) is 0 Å². The number of alkyl halides is 5. The maximum Gasteiger partial charge on any atom is 0.417 e. The normalized spacial score (nSPS) is 16.9. The van der Waals surface area contributed by atoms with Crippen LogP contribution in [0.2, 0.25) is 0 Å². The molecule has 0 saturated carbocycles. The minimum absolute atomic E-state index is 0.0874. The monoisotopic (exact) mass is 337 g/mol. The van der Waals surface area contributed by atoms with E-state index < -0.39 is 36.2 Å². The van der Waals surface area contributed by atoms with Crippen molar-refractivity contribution < 1.29 is 26.7 Å². The van der Waals surface area contributed by atoms with Crippen LogP contribution in [0.3, 0.4) is 0 Å². The van der Waals surface area contributed by atoms with Crippen LogP contribution in [-0.4, -0.2) is 54.9 Å². The zero-order valence-corrected chi connectivity index (χ0v) is 12.1. The molecule has 0 bridgehead atoms. The minimum atomic E-state index is -4.70. The number of amides is 1. The van der Waals surface area contributed by atoms with Gasteiger partial charge in [0.1, 0.15) is 0 Å². The third-order valence-corrected chi connectivity index (χ3v) is 3.64. The average molecular weight is 337 g/mol. The van der Waals surface area contributed by atoms with Gasteiger partial charge in [0, 0.05) is 31.9 Å². The zero-order valence-electron chi connectivity index (χ0n) is 12.1. The summed E-state index contributed by atoms with van der Waals surface area (Å²) < 4.78 is 63.7. The van der Waals surface area contributed by atoms with Gasteiger partial charge in [-0.25, -0.2) is 8.78 Å². The summed E-state index contributed by atoms with van der Waals surface area (Å²) in [5, 5.41) is 0. The molecule has 0 aliphatic carbocycles. The van der Waals surface area contributed by atoms with Crippen molar-refractivity contribution >= 4 is 11.6 Å². The molecule has 1 fully saturated rings. The van der Waals surface area contributed by atoms with Crippen LogP contribution in [0.5, 0.6) is 0 Å². The lowest BCUT2D eigenvalue weighted by molar-refractivity contribution is -0.138. The standard InChI is InChI=1S/C14H16F5N3O/c15-12(16)8-21-3-5-22(6-4-21)13(23)10-2-1-9(20)7-11(10)14(17,18)19/h1-2,7,12H,3-6,8,20H2. The van der Waals surface area contributed by atoms with Gasteiger partial charge in [0.05, 0.1) is 17.7 Å². The molecule has 0 atom stereocenters. The highest BCUT2D eigenvalue weighted by atomic mass is 19.4. The average Bonchev–Trinajstić information content (AvgIpc) is 2.46. The molecule has 1 amide bonds. The van der Waals surface area contributed by atoms with E-state index in [1.165, 1.54) is 15.9 Å². The van der Waals surface area contributed by atoms with Crippen molar-refractivity contribution in [2.75, 3.05) is 38.5 Å². The number of nitrogens with two attached hydrogens (primary N) is 1. The Labute approximate surface area is 129 Å². The maximum absolute atomic E-state index is 13.0. The molecule has 0 unspecified atom stereocenters. The molecule has 1 saturated heterocycles. The highest BCUT2D eigenvalue weighted by Gasteiger charge is 2.37. The van der Waals surface area contributed by atoms with E-state index in [0.717, 1.165) is 12.1 Å². The molecule has 128 valence electrons. The van der Waals surface area contributed by atoms with Crippen molar-refractivity contribution in [2.24, 2.45) is 0 Å². The molecule has 2 N–H and O–H groups in total. The molecular weight excluding hydrogens is 321 g/mol. The van der Waals surface area contributed by atoms with E-state index in [4.69, 9.17) is 5.73 Å². The number of hydrogen-bond acceptors (Lipinski definition) is 3. The first-order chi connectivity index (χ1) is 10.7. The molecular formula is C14H16F5N3O. The fraction of sp³-hybridized carbons (Fsp3) is 0.500. The first-order valence-electron chi connectivity index (χ1n) is 6.95. The third kappa shape index (κ3) is 4.31. The predicted molar refractivity (Wildman–Crippen MR) is 74.2 cm³/mol. The summed E-state index contributed by atoms with van der Waals surface area (Å²) >= 11 is 0. The first-order valence-corrected chi connectivity index (χ1v) is 6.95. The van der Waals surface area contributed by atoms with Crippen molar-refractivity contribution in [1.29, 1.82) is 0 Å². The van der Waals surface area contributed by atoms with Crippen LogP contribution in [0, 0.1) is 0 Å². The molecule has 9 heteroatoms. The van der Waals surface area contributed by atoms with Gasteiger partial charge in [0.2, 0.25) is 0 Å². The molecule has 0 aromatic heterocycles. The highest BCUT2D eigenvalue weighted by Crippen LogP contribution is 2.34. The summed E-state index contributed by atoms with van der Waals surface area (Å²) in [7, 11) is 0. The zero-order chi connectivity index (χ0) is 17.2. The number of hydrogen-bond donors (Lipinski definition) is 1. The lowest BCUT2D eigenvalue weighted by Crippen LogP contribution is -2.50. The van der Waals surface area contributed by atoms with Gasteiger partial charge in [-0.05, 0) is 18.2 Å². The van der Waals surface area contributed by atoms with Crippen LogP contribution in [0.25, 0.3) is 0 Å². The van der Waals surface area contributed by atoms with E-state index in [0.29, 0.717) is 0 Å². The second-order valence-electron chi connectivity index (χ2n) is 5.29. The second-order valence-corrected chi connectivity index (χ2v) is 5.29. The Bertz CT molecular complexity index is 568. The predicted octanol–water partition coefficient (Wildman–Crippen LogP) is 2.31. The molecule has 0 spiro atoms. The number of nitrogens with zero attached hydrogens (tertiary/aromatic N) is 2. The topological polar surface area (TPSA) is 49.6 Å². The van der Waals surface area contributed by atoms with Gasteiger partial charge >= 0.3 is 6.18 Å². The summed E-state index contributed by atoms with van der Waals surface area (Å²) in [6.45, 7) is 0.205. The van der Waals surface area contributed by atoms with Crippen molar-refractivity contribution in [1.82, 2.24) is 9.80 Å². The van der Waals surface area contributed by atoms with Gasteiger partial charge in [-0.15, -0.1) is 0 Å². The molecule has 1 aliphatic rings. The van der Waals surface area contributed by atoms with E-state index in [9.17, 15) is 26.7 Å². The second kappa shape index (κ2) is 6.69. The summed E-state index contributed by atoms with van der Waals surface area (Å²) in [6, 6.07) is 3.00. The minimum Gasteiger partial charge on any atom is -0.399 e. The van der Waals surface area contributed by atoms with Crippen LogP contribution in [-0.2, 0) is 6.18 Å². The number of nitrogen functional groups attached to an aromatic ring is 1. The molecule has 4 nitrogen and oxygen atoms in total. The lowest BCUT2D eigenvalue weighted by atomic mass is 10.0. The number of carbonyl (C=O) groups is 1. The van der Waals surface area contributed by atoms with Crippen molar-refractivity contribution in [3.05, 3.63) is 29.3 Å². The van der Waals surface area contributed by atoms with Crippen molar-refractivity contribution in [3.63, 3.8) is 0 Å². The Kier molecular flexibility index (Phi) is 5.08. The number of benzene rings is 1. The number of piperazine rings is 1. The van der Waals surface area contributed by atoms with Crippen LogP contribution >= 0.6 is 0 Å². The van der Waals surface area contributed by atoms with Gasteiger partial charge in [-0.2, -0.15) is 13.2 Å². The summed E-state index contributed by atoms with van der Waals surface area (Å²) in [6.07, 6.45) is -7.18. The number of carbonyl (C=O) groups excluding carboxylic acids is 1. The SMILES string of the molecule is Nc1ccc(C(=O)N2CCN(CC(F)F)CC2)c(C(F)(F)F)c1. The Balaban J connectivity index is 2.13. The fourth-order valence-electron chi connectivity index (χ4n) is 2.48. The number of rotatable bonds is 3. The molecule has 0 radical (unpaired) electrons. The maximum atomic E-state index is 13.0. The Morgan fingerprint density at radius 1 is 1.17 bits per heavy atom. The summed E-state index contributed by atoms with van der Waals surface area (Å²) in [4.78, 5) is 15.0. The molecule has 1 aromatic rings. The van der Waals surface area contributed by atoms with Gasteiger partial charge in [-0.1, -0.05) is 0 Å². The van der Waals surface area contributed by atoms with Crippen LogP contribution in [0.4, 0.5) is 27.6 Å². The highest BCUT2D eigenvalue weighted by molar-refractivity contribution is 5.96. The quantitative estimate of drug-likeness (QED) is 0.680. The molecule has 23 heavy (non-hydrogen) atoms. The van der Waals surface area contributed by atoms with Crippen LogP contribution in [0.1, 0.15) is 15.9 Å². The van der Waals surface area contributed by atoms with Crippen molar-refractivity contribution in [3.8, 4) is 0 Å². The number of halogens is 5. The molecule has 1 aliphatic heterocycles. The largest absolute Gasteiger partial charge is 0.417 e. The van der Waals surface area contributed by atoms with E-state index in [1.807, 2.05) is 0 Å². The summed E-state index contributed by atoms with van der Waals surface area (Å²) in [5.74, 6) is -0.769. The lowest BCUT2D eigenvalue weighted by Gasteiger charge is -2.34. The Morgan fingerprint density at radius 3 is 2.30 bits per heavy atom. The molecule has 1 aromatic carbocycles. The number of anilines is 1. The van der Waals surface area contributed by atoms with E-state index in [1.54, 1.807) is 0 Å². The Hall–Kier alpha value is -1.90.